The fourth-order valence-electron chi connectivity index (χ4n) is 2.44. The minimum atomic E-state index is 0.139. The molecule has 0 aromatic carbocycles. The van der Waals surface area contributed by atoms with E-state index in [-0.39, 0.29) is 6.04 Å². The number of nitrogens with one attached hydrogen (secondary N) is 1. The molecule has 3 aromatic heterocycles. The molecule has 3 heterocycles. The average molecular weight is 316 g/mol. The summed E-state index contributed by atoms with van der Waals surface area (Å²) >= 11 is 1.73. The van der Waals surface area contributed by atoms with Crippen LogP contribution in [0.5, 0.6) is 0 Å². The van der Waals surface area contributed by atoms with E-state index in [0.717, 1.165) is 34.0 Å². The Morgan fingerprint density at radius 2 is 2.18 bits per heavy atom. The Labute approximate surface area is 133 Å². The van der Waals surface area contributed by atoms with E-state index < -0.39 is 0 Å². The number of aryl methyl sites for hydroxylation is 2. The molecule has 0 fully saturated rings. The van der Waals surface area contributed by atoms with Crippen LogP contribution in [0.2, 0.25) is 0 Å². The fraction of sp³-hybridized carbons (Fsp3) is 0.375. The SMILES string of the molecule is Cc1nc(NCc2ccco2)c2sc(C[C@@H](C)N)c(C)c2n1. The van der Waals surface area contributed by atoms with Crippen LogP contribution in [0.3, 0.4) is 0 Å². The molecule has 1 atom stereocenters. The highest BCUT2D eigenvalue weighted by Crippen LogP contribution is 2.34. The number of hydrogen-bond acceptors (Lipinski definition) is 6. The molecule has 5 nitrogen and oxygen atoms in total. The van der Waals surface area contributed by atoms with Gasteiger partial charge in [-0.1, -0.05) is 0 Å². The molecule has 22 heavy (non-hydrogen) atoms. The highest BCUT2D eigenvalue weighted by atomic mass is 32.1. The van der Waals surface area contributed by atoms with Gasteiger partial charge in [0, 0.05) is 10.9 Å². The molecule has 0 unspecified atom stereocenters. The van der Waals surface area contributed by atoms with Gasteiger partial charge >= 0.3 is 0 Å². The van der Waals surface area contributed by atoms with Crippen molar-refractivity contribution in [2.45, 2.75) is 39.8 Å². The Morgan fingerprint density at radius 1 is 1.36 bits per heavy atom. The molecule has 6 heteroatoms. The van der Waals surface area contributed by atoms with Gasteiger partial charge in [-0.2, -0.15) is 0 Å². The maximum Gasteiger partial charge on any atom is 0.148 e. The van der Waals surface area contributed by atoms with Crippen LogP contribution in [-0.4, -0.2) is 16.0 Å². The van der Waals surface area contributed by atoms with E-state index >= 15 is 0 Å². The van der Waals surface area contributed by atoms with E-state index in [1.54, 1.807) is 17.6 Å². The van der Waals surface area contributed by atoms with Crippen LogP contribution in [0.1, 0.15) is 28.9 Å². The van der Waals surface area contributed by atoms with Gasteiger partial charge in [0.2, 0.25) is 0 Å². The number of rotatable bonds is 5. The Balaban J connectivity index is 1.98. The molecule has 116 valence electrons. The molecule has 0 bridgehead atoms. The second-order valence-corrected chi connectivity index (χ2v) is 6.67. The largest absolute Gasteiger partial charge is 0.467 e. The van der Waals surface area contributed by atoms with E-state index in [2.05, 4.69) is 22.2 Å². The second-order valence-electron chi connectivity index (χ2n) is 5.56. The highest BCUT2D eigenvalue weighted by molar-refractivity contribution is 7.19. The lowest BCUT2D eigenvalue weighted by Crippen LogP contribution is -2.17. The Bertz CT molecular complexity index is 777. The lowest BCUT2D eigenvalue weighted by molar-refractivity contribution is 0.518. The predicted molar refractivity (Wildman–Crippen MR) is 90.3 cm³/mol. The number of furan rings is 1. The number of nitrogens with zero attached hydrogens (tertiary/aromatic N) is 2. The molecule has 0 aliphatic rings. The van der Waals surface area contributed by atoms with Gasteiger partial charge in [-0.3, -0.25) is 0 Å². The first-order valence-corrected chi connectivity index (χ1v) is 8.14. The molecule has 0 saturated carbocycles. The number of thiophene rings is 1. The minimum absolute atomic E-state index is 0.139. The van der Waals surface area contributed by atoms with Gasteiger partial charge < -0.3 is 15.5 Å². The van der Waals surface area contributed by atoms with Crippen LogP contribution >= 0.6 is 11.3 Å². The second kappa shape index (κ2) is 6.06. The number of aromatic nitrogens is 2. The smallest absolute Gasteiger partial charge is 0.148 e. The minimum Gasteiger partial charge on any atom is -0.467 e. The molecule has 0 saturated heterocycles. The zero-order chi connectivity index (χ0) is 15.7. The summed E-state index contributed by atoms with van der Waals surface area (Å²) < 4.78 is 6.45. The van der Waals surface area contributed by atoms with Crippen molar-refractivity contribution in [3.63, 3.8) is 0 Å². The van der Waals surface area contributed by atoms with Crippen molar-refractivity contribution in [1.82, 2.24) is 9.97 Å². The van der Waals surface area contributed by atoms with Crippen LogP contribution in [0, 0.1) is 13.8 Å². The normalized spacial score (nSPS) is 12.7. The fourth-order valence-corrected chi connectivity index (χ4v) is 3.79. The lowest BCUT2D eigenvalue weighted by atomic mass is 10.1. The topological polar surface area (TPSA) is 77.0 Å². The zero-order valence-corrected chi connectivity index (χ0v) is 13.8. The van der Waals surface area contributed by atoms with Crippen LogP contribution in [0.4, 0.5) is 5.82 Å². The molecular weight excluding hydrogens is 296 g/mol. The molecular formula is C16H20N4OS. The number of anilines is 1. The van der Waals surface area contributed by atoms with Crippen molar-refractivity contribution in [2.24, 2.45) is 5.73 Å². The monoisotopic (exact) mass is 316 g/mol. The summed E-state index contributed by atoms with van der Waals surface area (Å²) in [6, 6.07) is 3.97. The maximum atomic E-state index is 5.95. The summed E-state index contributed by atoms with van der Waals surface area (Å²) in [5.74, 6) is 2.51. The zero-order valence-electron chi connectivity index (χ0n) is 13.0. The van der Waals surface area contributed by atoms with Crippen molar-refractivity contribution < 1.29 is 4.42 Å². The summed E-state index contributed by atoms with van der Waals surface area (Å²) in [6.45, 7) is 6.66. The van der Waals surface area contributed by atoms with Crippen LogP contribution in [0.15, 0.2) is 22.8 Å². The third kappa shape index (κ3) is 2.98. The highest BCUT2D eigenvalue weighted by Gasteiger charge is 2.16. The standard InChI is InChI=1S/C16H20N4OS/c1-9(17)7-13-10(2)14-15(22-13)16(20-11(3)19-14)18-8-12-5-4-6-21-12/h4-6,9H,7-8,17H2,1-3H3,(H,18,19,20)/t9-/m1/s1. The molecule has 0 radical (unpaired) electrons. The first-order valence-electron chi connectivity index (χ1n) is 7.33. The van der Waals surface area contributed by atoms with Crippen molar-refractivity contribution >= 4 is 27.4 Å². The van der Waals surface area contributed by atoms with E-state index in [0.29, 0.717) is 6.54 Å². The Hall–Kier alpha value is -1.92. The molecule has 3 N–H and O–H groups in total. The van der Waals surface area contributed by atoms with Crippen molar-refractivity contribution in [3.05, 3.63) is 40.4 Å². The summed E-state index contributed by atoms with van der Waals surface area (Å²) in [7, 11) is 0. The number of hydrogen-bond donors (Lipinski definition) is 2. The molecule has 3 aromatic rings. The van der Waals surface area contributed by atoms with E-state index in [1.165, 1.54) is 10.4 Å². The van der Waals surface area contributed by atoms with Gasteiger partial charge in [-0.25, -0.2) is 9.97 Å². The predicted octanol–water partition coefficient (Wildman–Crippen LogP) is 3.40. The summed E-state index contributed by atoms with van der Waals surface area (Å²) in [5, 5.41) is 3.36. The van der Waals surface area contributed by atoms with Gasteiger partial charge in [0.1, 0.15) is 17.4 Å². The van der Waals surface area contributed by atoms with E-state index in [9.17, 15) is 0 Å². The first-order chi connectivity index (χ1) is 10.5. The average Bonchev–Trinajstić information content (AvgIpc) is 3.07. The van der Waals surface area contributed by atoms with E-state index in [4.69, 9.17) is 10.2 Å². The van der Waals surface area contributed by atoms with Crippen molar-refractivity contribution in [3.8, 4) is 0 Å². The molecule has 0 spiro atoms. The van der Waals surface area contributed by atoms with Crippen molar-refractivity contribution in [2.75, 3.05) is 5.32 Å². The number of nitrogens with two attached hydrogens (primary N) is 1. The van der Waals surface area contributed by atoms with Gasteiger partial charge in [0.15, 0.2) is 0 Å². The Morgan fingerprint density at radius 3 is 2.86 bits per heavy atom. The summed E-state index contributed by atoms with van der Waals surface area (Å²) in [4.78, 5) is 10.4. The third-order valence-electron chi connectivity index (χ3n) is 3.49. The van der Waals surface area contributed by atoms with Crippen LogP contribution < -0.4 is 11.1 Å². The molecule has 0 amide bonds. The summed E-state index contributed by atoms with van der Waals surface area (Å²) in [6.07, 6.45) is 2.54. The van der Waals surface area contributed by atoms with Gasteiger partial charge in [-0.05, 0) is 44.9 Å². The van der Waals surface area contributed by atoms with Gasteiger partial charge in [0.05, 0.1) is 23.0 Å². The maximum absolute atomic E-state index is 5.95. The third-order valence-corrected chi connectivity index (χ3v) is 4.80. The number of fused-ring (bicyclic) bond motifs is 1. The van der Waals surface area contributed by atoms with Crippen LogP contribution in [-0.2, 0) is 13.0 Å². The van der Waals surface area contributed by atoms with Gasteiger partial charge in [-0.15, -0.1) is 11.3 Å². The first kappa shape index (κ1) is 15.0. The lowest BCUT2D eigenvalue weighted by Gasteiger charge is -2.06. The molecule has 0 aliphatic carbocycles. The van der Waals surface area contributed by atoms with Crippen LogP contribution in [0.25, 0.3) is 10.2 Å². The van der Waals surface area contributed by atoms with E-state index in [1.807, 2.05) is 26.0 Å². The molecule has 3 rings (SSSR count). The Kier molecular flexibility index (Phi) is 4.13. The summed E-state index contributed by atoms with van der Waals surface area (Å²) in [5.41, 5.74) is 8.18. The quantitative estimate of drug-likeness (QED) is 0.754. The molecule has 0 aliphatic heterocycles. The van der Waals surface area contributed by atoms with Crippen molar-refractivity contribution in [1.29, 1.82) is 0 Å². The van der Waals surface area contributed by atoms with Gasteiger partial charge in [0.25, 0.3) is 0 Å².